The van der Waals surface area contributed by atoms with Crippen LogP contribution in [0.15, 0.2) is 5.38 Å². The number of carbonyl (C=O) groups excluding carboxylic acids is 1. The SMILES string of the molecule is COCC(C)(C)NC(=O)c1csc(N)n1. The largest absolute Gasteiger partial charge is 0.382 e. The van der Waals surface area contributed by atoms with E-state index >= 15 is 0 Å². The van der Waals surface area contributed by atoms with Crippen molar-refractivity contribution in [2.24, 2.45) is 0 Å². The first-order valence-corrected chi connectivity index (χ1v) is 5.35. The average Bonchev–Trinajstić information content (AvgIpc) is 2.50. The lowest BCUT2D eigenvalue weighted by molar-refractivity contribution is 0.0816. The van der Waals surface area contributed by atoms with Crippen molar-refractivity contribution in [2.75, 3.05) is 19.5 Å². The molecule has 0 bridgehead atoms. The number of carbonyl (C=O) groups is 1. The second kappa shape index (κ2) is 4.59. The summed E-state index contributed by atoms with van der Waals surface area (Å²) in [5, 5.41) is 4.84. The number of nitrogens with one attached hydrogen (secondary N) is 1. The number of aromatic nitrogens is 1. The first kappa shape index (κ1) is 11.9. The molecule has 0 saturated heterocycles. The molecule has 0 unspecified atom stereocenters. The topological polar surface area (TPSA) is 77.2 Å². The van der Waals surface area contributed by atoms with Gasteiger partial charge < -0.3 is 15.8 Å². The summed E-state index contributed by atoms with van der Waals surface area (Å²) in [7, 11) is 1.59. The fraction of sp³-hybridized carbons (Fsp3) is 0.556. The van der Waals surface area contributed by atoms with Crippen molar-refractivity contribution in [3.63, 3.8) is 0 Å². The van der Waals surface area contributed by atoms with Gasteiger partial charge in [0, 0.05) is 12.5 Å². The molecule has 0 fully saturated rings. The highest BCUT2D eigenvalue weighted by Gasteiger charge is 2.22. The van der Waals surface area contributed by atoms with Crippen LogP contribution >= 0.6 is 11.3 Å². The minimum Gasteiger partial charge on any atom is -0.382 e. The highest BCUT2D eigenvalue weighted by molar-refractivity contribution is 7.13. The molecule has 0 aromatic carbocycles. The number of hydrogen-bond donors (Lipinski definition) is 2. The van der Waals surface area contributed by atoms with Crippen LogP contribution in [0.4, 0.5) is 5.13 Å². The van der Waals surface area contributed by atoms with Crippen LogP contribution in [0.5, 0.6) is 0 Å². The number of amides is 1. The minimum atomic E-state index is -0.412. The van der Waals surface area contributed by atoms with Crippen molar-refractivity contribution in [2.45, 2.75) is 19.4 Å². The molecule has 1 aromatic rings. The molecule has 84 valence electrons. The van der Waals surface area contributed by atoms with Crippen molar-refractivity contribution < 1.29 is 9.53 Å². The minimum absolute atomic E-state index is 0.231. The van der Waals surface area contributed by atoms with Crippen molar-refractivity contribution in [3.8, 4) is 0 Å². The van der Waals surface area contributed by atoms with E-state index in [0.717, 1.165) is 0 Å². The zero-order chi connectivity index (χ0) is 11.5. The molecule has 1 aromatic heterocycles. The molecule has 0 radical (unpaired) electrons. The summed E-state index contributed by atoms with van der Waals surface area (Å²) in [5.41, 5.74) is 5.38. The highest BCUT2D eigenvalue weighted by Crippen LogP contribution is 2.12. The first-order chi connectivity index (χ1) is 6.94. The van der Waals surface area contributed by atoms with Gasteiger partial charge in [0.15, 0.2) is 5.13 Å². The summed E-state index contributed by atoms with van der Waals surface area (Å²) in [6.45, 7) is 4.20. The van der Waals surface area contributed by atoms with Gasteiger partial charge in [-0.15, -0.1) is 11.3 Å². The van der Waals surface area contributed by atoms with Gasteiger partial charge in [-0.2, -0.15) is 0 Å². The van der Waals surface area contributed by atoms with Crippen molar-refractivity contribution >= 4 is 22.4 Å². The second-order valence-electron chi connectivity index (χ2n) is 3.84. The predicted molar refractivity (Wildman–Crippen MR) is 59.9 cm³/mol. The van der Waals surface area contributed by atoms with Crippen LogP contribution in [0.25, 0.3) is 0 Å². The summed E-state index contributed by atoms with van der Waals surface area (Å²) >= 11 is 1.25. The lowest BCUT2D eigenvalue weighted by atomic mass is 10.1. The van der Waals surface area contributed by atoms with Crippen LogP contribution in [0.3, 0.4) is 0 Å². The molecule has 1 rings (SSSR count). The van der Waals surface area contributed by atoms with Gasteiger partial charge in [-0.1, -0.05) is 0 Å². The lowest BCUT2D eigenvalue weighted by Crippen LogP contribution is -2.46. The molecule has 0 atom stereocenters. The van der Waals surface area contributed by atoms with Crippen LogP contribution < -0.4 is 11.1 Å². The van der Waals surface area contributed by atoms with E-state index in [-0.39, 0.29) is 5.91 Å². The Kier molecular flexibility index (Phi) is 3.65. The Labute approximate surface area is 92.6 Å². The van der Waals surface area contributed by atoms with Crippen molar-refractivity contribution in [3.05, 3.63) is 11.1 Å². The molecule has 0 saturated carbocycles. The third-order valence-electron chi connectivity index (χ3n) is 1.71. The molecule has 0 aliphatic rings. The standard InChI is InChI=1S/C9H15N3O2S/c1-9(2,5-14-3)12-7(13)6-4-15-8(10)11-6/h4H,5H2,1-3H3,(H2,10,11)(H,12,13). The maximum Gasteiger partial charge on any atom is 0.271 e. The summed E-state index contributed by atoms with van der Waals surface area (Å²) in [4.78, 5) is 15.6. The van der Waals surface area contributed by atoms with E-state index in [1.54, 1.807) is 12.5 Å². The van der Waals surface area contributed by atoms with E-state index in [4.69, 9.17) is 10.5 Å². The maximum absolute atomic E-state index is 11.7. The predicted octanol–water partition coefficient (Wildman–Crippen LogP) is 0.880. The molecule has 3 N–H and O–H groups in total. The van der Waals surface area contributed by atoms with E-state index < -0.39 is 5.54 Å². The number of nitrogens with zero attached hydrogens (tertiary/aromatic N) is 1. The van der Waals surface area contributed by atoms with Crippen LogP contribution in [0, 0.1) is 0 Å². The number of rotatable bonds is 4. The Morgan fingerprint density at radius 1 is 1.73 bits per heavy atom. The Morgan fingerprint density at radius 3 is 2.87 bits per heavy atom. The zero-order valence-electron chi connectivity index (χ0n) is 9.03. The smallest absolute Gasteiger partial charge is 0.271 e. The van der Waals surface area contributed by atoms with Gasteiger partial charge in [-0.25, -0.2) is 4.98 Å². The quantitative estimate of drug-likeness (QED) is 0.803. The van der Waals surface area contributed by atoms with Gasteiger partial charge in [0.2, 0.25) is 0 Å². The second-order valence-corrected chi connectivity index (χ2v) is 4.73. The van der Waals surface area contributed by atoms with Crippen LogP contribution in [0.2, 0.25) is 0 Å². The highest BCUT2D eigenvalue weighted by atomic mass is 32.1. The Balaban J connectivity index is 2.63. The molecule has 15 heavy (non-hydrogen) atoms. The Morgan fingerprint density at radius 2 is 2.40 bits per heavy atom. The molecule has 0 aliphatic heterocycles. The molecule has 1 heterocycles. The summed E-state index contributed by atoms with van der Waals surface area (Å²) in [5.74, 6) is -0.231. The molecule has 1 amide bonds. The van der Waals surface area contributed by atoms with E-state index in [1.165, 1.54) is 11.3 Å². The van der Waals surface area contributed by atoms with Crippen LogP contribution in [-0.4, -0.2) is 30.1 Å². The fourth-order valence-corrected chi connectivity index (χ4v) is 1.70. The van der Waals surface area contributed by atoms with E-state index in [2.05, 4.69) is 10.3 Å². The van der Waals surface area contributed by atoms with Crippen molar-refractivity contribution in [1.29, 1.82) is 0 Å². The molecule has 0 aliphatic carbocycles. The summed E-state index contributed by atoms with van der Waals surface area (Å²) < 4.78 is 4.99. The maximum atomic E-state index is 11.7. The van der Waals surface area contributed by atoms with Crippen LogP contribution in [-0.2, 0) is 4.74 Å². The fourth-order valence-electron chi connectivity index (χ4n) is 1.16. The molecular weight excluding hydrogens is 214 g/mol. The Bertz CT molecular complexity index is 349. The third kappa shape index (κ3) is 3.49. The molecule has 6 heteroatoms. The lowest BCUT2D eigenvalue weighted by Gasteiger charge is -2.24. The van der Waals surface area contributed by atoms with Gasteiger partial charge in [0.1, 0.15) is 5.69 Å². The van der Waals surface area contributed by atoms with E-state index in [0.29, 0.717) is 17.4 Å². The molecule has 5 nitrogen and oxygen atoms in total. The van der Waals surface area contributed by atoms with Crippen molar-refractivity contribution in [1.82, 2.24) is 10.3 Å². The molecular formula is C9H15N3O2S. The van der Waals surface area contributed by atoms with Gasteiger partial charge in [-0.05, 0) is 13.8 Å². The number of ether oxygens (including phenoxy) is 1. The van der Waals surface area contributed by atoms with Gasteiger partial charge in [0.25, 0.3) is 5.91 Å². The number of nitrogens with two attached hydrogens (primary N) is 1. The number of hydrogen-bond acceptors (Lipinski definition) is 5. The monoisotopic (exact) mass is 229 g/mol. The normalized spacial score (nSPS) is 11.4. The van der Waals surface area contributed by atoms with Crippen LogP contribution in [0.1, 0.15) is 24.3 Å². The van der Waals surface area contributed by atoms with Gasteiger partial charge >= 0.3 is 0 Å². The third-order valence-corrected chi connectivity index (χ3v) is 2.39. The number of methoxy groups -OCH3 is 1. The van der Waals surface area contributed by atoms with E-state index in [1.807, 2.05) is 13.8 Å². The molecule has 0 spiro atoms. The summed E-state index contributed by atoms with van der Waals surface area (Å²) in [6.07, 6.45) is 0. The number of anilines is 1. The van der Waals surface area contributed by atoms with Gasteiger partial charge in [0.05, 0.1) is 12.1 Å². The zero-order valence-corrected chi connectivity index (χ0v) is 9.85. The summed E-state index contributed by atoms with van der Waals surface area (Å²) in [6, 6.07) is 0. The Hall–Kier alpha value is -1.14. The number of nitrogen functional groups attached to an aromatic ring is 1. The van der Waals surface area contributed by atoms with E-state index in [9.17, 15) is 4.79 Å². The van der Waals surface area contributed by atoms with Gasteiger partial charge in [-0.3, -0.25) is 4.79 Å². The first-order valence-electron chi connectivity index (χ1n) is 4.47. The average molecular weight is 229 g/mol. The number of thiazole rings is 1.